The summed E-state index contributed by atoms with van der Waals surface area (Å²) in [6, 6.07) is 0. The molecular formula is C16H29N3OS. The van der Waals surface area contributed by atoms with Gasteiger partial charge >= 0.3 is 0 Å². The molecule has 2 aliphatic heterocycles. The van der Waals surface area contributed by atoms with Gasteiger partial charge in [0, 0.05) is 42.6 Å². The first-order valence-corrected chi connectivity index (χ1v) is 9.31. The Morgan fingerprint density at radius 1 is 1.29 bits per heavy atom. The summed E-state index contributed by atoms with van der Waals surface area (Å²) in [5.41, 5.74) is 0.295. The zero-order chi connectivity index (χ0) is 14.8. The highest BCUT2D eigenvalue weighted by molar-refractivity contribution is 8.00. The molecule has 0 unspecified atom stereocenters. The summed E-state index contributed by atoms with van der Waals surface area (Å²) < 4.78 is 5.84. The predicted molar refractivity (Wildman–Crippen MR) is 90.1 cm³/mol. The van der Waals surface area contributed by atoms with Gasteiger partial charge in [0.2, 0.25) is 0 Å². The summed E-state index contributed by atoms with van der Waals surface area (Å²) in [6.45, 7) is 7.29. The van der Waals surface area contributed by atoms with Crippen LogP contribution >= 0.6 is 11.8 Å². The maximum Gasteiger partial charge on any atom is 0.193 e. The number of guanidine groups is 1. The molecule has 21 heavy (non-hydrogen) atoms. The van der Waals surface area contributed by atoms with E-state index < -0.39 is 0 Å². The molecule has 0 aromatic rings. The van der Waals surface area contributed by atoms with Gasteiger partial charge in [-0.1, -0.05) is 26.2 Å². The van der Waals surface area contributed by atoms with E-state index in [1.165, 1.54) is 44.4 Å². The van der Waals surface area contributed by atoms with Crippen LogP contribution < -0.4 is 5.32 Å². The van der Waals surface area contributed by atoms with Gasteiger partial charge in [-0.05, 0) is 12.8 Å². The van der Waals surface area contributed by atoms with Gasteiger partial charge < -0.3 is 15.0 Å². The molecule has 0 atom stereocenters. The Balaban J connectivity index is 1.58. The molecule has 1 aliphatic carbocycles. The highest BCUT2D eigenvalue weighted by Gasteiger charge is 2.39. The first-order valence-electron chi connectivity index (χ1n) is 8.32. The van der Waals surface area contributed by atoms with Gasteiger partial charge in [-0.2, -0.15) is 11.8 Å². The molecule has 2 heterocycles. The Bertz CT molecular complexity index is 383. The predicted octanol–water partition coefficient (Wildman–Crippen LogP) is 2.35. The lowest BCUT2D eigenvalue weighted by Crippen LogP contribution is -2.56. The lowest BCUT2D eigenvalue weighted by molar-refractivity contribution is -0.0972. The largest absolute Gasteiger partial charge is 0.380 e. The van der Waals surface area contributed by atoms with Crippen molar-refractivity contribution < 1.29 is 4.74 Å². The second-order valence-corrected chi connectivity index (χ2v) is 8.78. The number of hydrogen-bond acceptors (Lipinski definition) is 3. The Kier molecular flexibility index (Phi) is 4.69. The van der Waals surface area contributed by atoms with Crippen LogP contribution in [0.2, 0.25) is 0 Å². The van der Waals surface area contributed by atoms with E-state index in [9.17, 15) is 0 Å². The monoisotopic (exact) mass is 311 g/mol. The van der Waals surface area contributed by atoms with E-state index in [0.29, 0.717) is 10.2 Å². The molecule has 4 nitrogen and oxygen atoms in total. The maximum absolute atomic E-state index is 5.34. The van der Waals surface area contributed by atoms with Gasteiger partial charge in [0.1, 0.15) is 0 Å². The Morgan fingerprint density at radius 3 is 2.67 bits per heavy atom. The van der Waals surface area contributed by atoms with Gasteiger partial charge in [-0.3, -0.25) is 4.99 Å². The van der Waals surface area contributed by atoms with Crippen molar-refractivity contribution in [1.82, 2.24) is 10.2 Å². The Morgan fingerprint density at radius 2 is 2.05 bits per heavy atom. The zero-order valence-electron chi connectivity index (χ0n) is 13.5. The van der Waals surface area contributed by atoms with Crippen LogP contribution in [0.3, 0.4) is 0 Å². The average Bonchev–Trinajstić information content (AvgIpc) is 2.47. The summed E-state index contributed by atoms with van der Waals surface area (Å²) in [6.07, 6.45) is 7.01. The molecule has 0 bridgehead atoms. The molecule has 0 amide bonds. The Labute approximate surface area is 133 Å². The van der Waals surface area contributed by atoms with Crippen molar-refractivity contribution in [1.29, 1.82) is 0 Å². The molecule has 0 aromatic carbocycles. The number of nitrogens with one attached hydrogen (secondary N) is 1. The highest BCUT2D eigenvalue weighted by atomic mass is 32.2. The van der Waals surface area contributed by atoms with Crippen LogP contribution in [0.4, 0.5) is 0 Å². The number of hydrogen-bond donors (Lipinski definition) is 1. The van der Waals surface area contributed by atoms with Crippen molar-refractivity contribution in [2.75, 3.05) is 45.6 Å². The van der Waals surface area contributed by atoms with Crippen LogP contribution in [0.25, 0.3) is 0 Å². The van der Waals surface area contributed by atoms with E-state index in [-0.39, 0.29) is 0 Å². The number of nitrogens with zero attached hydrogens (tertiary/aromatic N) is 2. The molecule has 3 fully saturated rings. The quantitative estimate of drug-likeness (QED) is 0.627. The van der Waals surface area contributed by atoms with Gasteiger partial charge in [0.25, 0.3) is 0 Å². The maximum atomic E-state index is 5.34. The minimum Gasteiger partial charge on any atom is -0.380 e. The van der Waals surface area contributed by atoms with E-state index in [1.54, 1.807) is 0 Å². The molecule has 1 saturated carbocycles. The van der Waals surface area contributed by atoms with E-state index in [4.69, 9.17) is 4.74 Å². The standard InChI is InChI=1S/C16H29N3OS/c1-15(12-20-13-15)10-18-14(17-2)19-8-9-21-16(11-19)6-4-3-5-7-16/h3-13H2,1-2H3,(H,17,18). The van der Waals surface area contributed by atoms with E-state index >= 15 is 0 Å². The molecule has 0 radical (unpaired) electrons. The van der Waals surface area contributed by atoms with E-state index in [2.05, 4.69) is 33.9 Å². The molecule has 120 valence electrons. The van der Waals surface area contributed by atoms with E-state index in [1.807, 2.05) is 7.05 Å². The molecule has 3 aliphatic rings. The second-order valence-electron chi connectivity index (χ2n) is 7.22. The summed E-state index contributed by atoms with van der Waals surface area (Å²) in [7, 11) is 1.91. The summed E-state index contributed by atoms with van der Waals surface area (Å²) in [5, 5.41) is 3.59. The summed E-state index contributed by atoms with van der Waals surface area (Å²) >= 11 is 2.21. The minimum absolute atomic E-state index is 0.295. The molecule has 5 heteroatoms. The van der Waals surface area contributed by atoms with Crippen LogP contribution in [0.1, 0.15) is 39.0 Å². The second kappa shape index (κ2) is 6.37. The smallest absolute Gasteiger partial charge is 0.193 e. The topological polar surface area (TPSA) is 36.9 Å². The van der Waals surface area contributed by atoms with Crippen molar-refractivity contribution in [2.24, 2.45) is 10.4 Å². The molecule has 2 saturated heterocycles. The van der Waals surface area contributed by atoms with Crippen LogP contribution in [-0.4, -0.2) is 61.3 Å². The average molecular weight is 311 g/mol. The molecular weight excluding hydrogens is 282 g/mol. The van der Waals surface area contributed by atoms with Crippen molar-refractivity contribution >= 4 is 17.7 Å². The fraction of sp³-hybridized carbons (Fsp3) is 0.938. The Hall–Kier alpha value is -0.420. The van der Waals surface area contributed by atoms with Gasteiger partial charge in [0.05, 0.1) is 13.2 Å². The number of aliphatic imine (C=N–C) groups is 1. The van der Waals surface area contributed by atoms with Gasteiger partial charge in [-0.25, -0.2) is 0 Å². The SMILES string of the molecule is CN=C(NCC1(C)COC1)N1CCSC2(CCCCC2)C1. The van der Waals surface area contributed by atoms with Crippen LogP contribution in [0.5, 0.6) is 0 Å². The molecule has 1 N–H and O–H groups in total. The third-order valence-corrected chi connectivity index (χ3v) is 6.64. The summed E-state index contributed by atoms with van der Waals surface area (Å²) in [4.78, 5) is 7.02. The normalized spacial score (nSPS) is 28.3. The van der Waals surface area contributed by atoms with Crippen molar-refractivity contribution in [2.45, 2.75) is 43.8 Å². The highest BCUT2D eigenvalue weighted by Crippen LogP contribution is 2.42. The van der Waals surface area contributed by atoms with Crippen LogP contribution in [-0.2, 0) is 4.74 Å². The number of ether oxygens (including phenoxy) is 1. The zero-order valence-corrected chi connectivity index (χ0v) is 14.3. The van der Waals surface area contributed by atoms with Gasteiger partial charge in [0.15, 0.2) is 5.96 Å². The molecule has 3 rings (SSSR count). The van der Waals surface area contributed by atoms with Crippen molar-refractivity contribution in [3.8, 4) is 0 Å². The first kappa shape index (κ1) is 15.5. The summed E-state index contributed by atoms with van der Waals surface area (Å²) in [5.74, 6) is 2.33. The fourth-order valence-electron chi connectivity index (χ4n) is 3.70. The molecule has 0 aromatic heterocycles. The lowest BCUT2D eigenvalue weighted by Gasteiger charge is -2.46. The third kappa shape index (κ3) is 3.50. The fourth-order valence-corrected chi connectivity index (χ4v) is 5.27. The minimum atomic E-state index is 0.295. The van der Waals surface area contributed by atoms with Crippen molar-refractivity contribution in [3.05, 3.63) is 0 Å². The molecule has 1 spiro atoms. The first-order chi connectivity index (χ1) is 10.1. The van der Waals surface area contributed by atoms with Gasteiger partial charge in [-0.15, -0.1) is 0 Å². The van der Waals surface area contributed by atoms with Crippen molar-refractivity contribution in [3.63, 3.8) is 0 Å². The third-order valence-electron chi connectivity index (χ3n) is 5.10. The number of thioether (sulfide) groups is 1. The lowest BCUT2D eigenvalue weighted by atomic mass is 9.87. The van der Waals surface area contributed by atoms with Crippen LogP contribution in [0, 0.1) is 5.41 Å². The van der Waals surface area contributed by atoms with Crippen LogP contribution in [0.15, 0.2) is 4.99 Å². The van der Waals surface area contributed by atoms with E-state index in [0.717, 1.165) is 32.3 Å². The number of rotatable bonds is 2.